The molecular formula is C18H14N2. The summed E-state index contributed by atoms with van der Waals surface area (Å²) < 4.78 is 4.79. The Balaban J connectivity index is 1.96. The van der Waals surface area contributed by atoms with Gasteiger partial charge < -0.3 is 9.13 Å². The molecule has 0 unspecified atom stereocenters. The molecule has 2 nitrogen and oxygen atoms in total. The van der Waals surface area contributed by atoms with Gasteiger partial charge >= 0.3 is 0 Å². The summed E-state index contributed by atoms with van der Waals surface area (Å²) >= 11 is 0. The summed E-state index contributed by atoms with van der Waals surface area (Å²) in [5.41, 5.74) is 5.48. The first-order chi connectivity index (χ1) is 9.93. The van der Waals surface area contributed by atoms with Gasteiger partial charge in [-0.15, -0.1) is 0 Å². The Kier molecular flexibility index (Phi) is 1.83. The molecule has 20 heavy (non-hydrogen) atoms. The van der Waals surface area contributed by atoms with Gasteiger partial charge in [0.1, 0.15) is 5.65 Å². The Morgan fingerprint density at radius 1 is 0.800 bits per heavy atom. The molecule has 4 aromatic rings. The fourth-order valence-electron chi connectivity index (χ4n) is 3.59. The third-order valence-corrected chi connectivity index (χ3v) is 4.43. The van der Waals surface area contributed by atoms with Crippen LogP contribution in [0.2, 0.25) is 0 Å². The largest absolute Gasteiger partial charge is 0.326 e. The number of aryl methyl sites for hydroxylation is 2. The van der Waals surface area contributed by atoms with Crippen LogP contribution in [0, 0.1) is 0 Å². The third kappa shape index (κ3) is 1.14. The molecule has 3 heterocycles. The maximum atomic E-state index is 2.48. The monoisotopic (exact) mass is 258 g/mol. The zero-order chi connectivity index (χ0) is 13.1. The Bertz CT molecular complexity index is 942. The van der Waals surface area contributed by atoms with E-state index in [4.69, 9.17) is 0 Å². The maximum Gasteiger partial charge on any atom is 0.125 e. The van der Waals surface area contributed by atoms with Crippen molar-refractivity contribution in [2.45, 2.75) is 13.0 Å². The molecule has 0 atom stereocenters. The van der Waals surface area contributed by atoms with Crippen LogP contribution in [0.4, 0.5) is 0 Å². The van der Waals surface area contributed by atoms with Crippen molar-refractivity contribution in [3.8, 4) is 5.69 Å². The van der Waals surface area contributed by atoms with E-state index in [1.165, 1.54) is 33.2 Å². The Labute approximate surface area is 116 Å². The minimum Gasteiger partial charge on any atom is -0.326 e. The number of nitrogens with zero attached hydrogens (tertiary/aromatic N) is 2. The second-order valence-corrected chi connectivity index (χ2v) is 5.47. The second-order valence-electron chi connectivity index (χ2n) is 5.47. The molecule has 0 aliphatic carbocycles. The lowest BCUT2D eigenvalue weighted by Gasteiger charge is -2.07. The van der Waals surface area contributed by atoms with Crippen molar-refractivity contribution >= 4 is 21.9 Å². The lowest BCUT2D eigenvalue weighted by atomic mass is 10.1. The molecule has 0 radical (unpaired) electrons. The Hall–Kier alpha value is -2.48. The van der Waals surface area contributed by atoms with E-state index < -0.39 is 0 Å². The Morgan fingerprint density at radius 2 is 1.70 bits per heavy atom. The predicted octanol–water partition coefficient (Wildman–Crippen LogP) is 4.14. The molecule has 0 amide bonds. The summed E-state index contributed by atoms with van der Waals surface area (Å²) in [5.74, 6) is 0. The van der Waals surface area contributed by atoms with Crippen molar-refractivity contribution in [2.24, 2.45) is 0 Å². The fourth-order valence-corrected chi connectivity index (χ4v) is 3.59. The third-order valence-electron chi connectivity index (χ3n) is 4.43. The normalized spacial score (nSPS) is 13.6. The van der Waals surface area contributed by atoms with Gasteiger partial charge in [0.15, 0.2) is 0 Å². The van der Waals surface area contributed by atoms with Crippen molar-refractivity contribution in [2.75, 3.05) is 0 Å². The van der Waals surface area contributed by atoms with Crippen LogP contribution in [0.5, 0.6) is 0 Å². The quantitative estimate of drug-likeness (QED) is 0.485. The zero-order valence-electron chi connectivity index (χ0n) is 11.1. The molecule has 0 bridgehead atoms. The van der Waals surface area contributed by atoms with Crippen LogP contribution >= 0.6 is 0 Å². The molecule has 0 spiro atoms. The van der Waals surface area contributed by atoms with E-state index >= 15 is 0 Å². The summed E-state index contributed by atoms with van der Waals surface area (Å²) in [5, 5.41) is 2.76. The molecule has 0 fully saturated rings. The zero-order valence-corrected chi connectivity index (χ0v) is 11.1. The van der Waals surface area contributed by atoms with Crippen LogP contribution < -0.4 is 0 Å². The second kappa shape index (κ2) is 3.54. The summed E-state index contributed by atoms with van der Waals surface area (Å²) in [4.78, 5) is 0. The maximum absolute atomic E-state index is 2.48. The van der Waals surface area contributed by atoms with Crippen molar-refractivity contribution in [1.82, 2.24) is 9.13 Å². The molecule has 1 aliphatic rings. The minimum absolute atomic E-state index is 1.09. The number of rotatable bonds is 1. The molecule has 2 aromatic carbocycles. The van der Waals surface area contributed by atoms with Crippen molar-refractivity contribution in [1.29, 1.82) is 0 Å². The van der Waals surface area contributed by atoms with Crippen LogP contribution in [-0.4, -0.2) is 9.13 Å². The standard InChI is InChI=1S/C18H14N2/c1-2-6-14(7-3-1)19-12-10-16-15-8-4-5-13-9-11-20(17(13)15)18(16)19/h1-8,10,12H,9,11H2. The smallest absolute Gasteiger partial charge is 0.125 e. The first-order valence-electron chi connectivity index (χ1n) is 7.10. The van der Waals surface area contributed by atoms with Gasteiger partial charge in [-0.05, 0) is 30.2 Å². The van der Waals surface area contributed by atoms with Gasteiger partial charge in [-0.3, -0.25) is 0 Å². The molecule has 1 aliphatic heterocycles. The van der Waals surface area contributed by atoms with E-state index in [9.17, 15) is 0 Å². The molecule has 2 heteroatoms. The van der Waals surface area contributed by atoms with E-state index in [0.29, 0.717) is 0 Å². The van der Waals surface area contributed by atoms with Crippen LogP contribution in [0.25, 0.3) is 27.6 Å². The van der Waals surface area contributed by atoms with Gasteiger partial charge in [0.05, 0.1) is 5.52 Å². The van der Waals surface area contributed by atoms with Crippen molar-refractivity contribution in [3.05, 3.63) is 66.4 Å². The van der Waals surface area contributed by atoms with Gasteiger partial charge in [0.25, 0.3) is 0 Å². The van der Waals surface area contributed by atoms with Crippen LogP contribution in [0.3, 0.4) is 0 Å². The molecule has 0 N–H and O–H groups in total. The molecular weight excluding hydrogens is 244 g/mol. The summed E-state index contributed by atoms with van der Waals surface area (Å²) in [6.45, 7) is 1.09. The average molecular weight is 258 g/mol. The summed E-state index contributed by atoms with van der Waals surface area (Å²) in [6.07, 6.45) is 3.34. The van der Waals surface area contributed by atoms with Gasteiger partial charge in [-0.1, -0.05) is 36.4 Å². The fraction of sp³-hybridized carbons (Fsp3) is 0.111. The van der Waals surface area contributed by atoms with Gasteiger partial charge in [-0.2, -0.15) is 0 Å². The molecule has 0 saturated heterocycles. The van der Waals surface area contributed by atoms with E-state index in [0.717, 1.165) is 13.0 Å². The lowest BCUT2D eigenvalue weighted by molar-refractivity contribution is 0.779. The van der Waals surface area contributed by atoms with Gasteiger partial charge in [-0.25, -0.2) is 0 Å². The first kappa shape index (κ1) is 10.3. The van der Waals surface area contributed by atoms with E-state index in [1.807, 2.05) is 0 Å². The summed E-state index contributed by atoms with van der Waals surface area (Å²) in [7, 11) is 0. The Morgan fingerprint density at radius 3 is 2.60 bits per heavy atom. The molecule has 5 rings (SSSR count). The van der Waals surface area contributed by atoms with Crippen molar-refractivity contribution in [3.63, 3.8) is 0 Å². The van der Waals surface area contributed by atoms with Gasteiger partial charge in [0.2, 0.25) is 0 Å². The van der Waals surface area contributed by atoms with E-state index in [2.05, 4.69) is 69.9 Å². The van der Waals surface area contributed by atoms with Crippen LogP contribution in [-0.2, 0) is 13.0 Å². The van der Waals surface area contributed by atoms with Gasteiger partial charge in [0, 0.05) is 29.2 Å². The minimum atomic E-state index is 1.09. The highest BCUT2D eigenvalue weighted by molar-refractivity contribution is 6.09. The highest BCUT2D eigenvalue weighted by Gasteiger charge is 2.21. The number of aromatic nitrogens is 2. The number of para-hydroxylation sites is 2. The number of hydrogen-bond acceptors (Lipinski definition) is 0. The highest BCUT2D eigenvalue weighted by Crippen LogP contribution is 2.36. The number of fused-ring (bicyclic) bond motifs is 3. The number of benzene rings is 2. The SMILES string of the molecule is c1ccc(-n2ccc3c4cccc5c4n(c32)CC5)cc1. The van der Waals surface area contributed by atoms with Crippen LogP contribution in [0.1, 0.15) is 5.56 Å². The first-order valence-corrected chi connectivity index (χ1v) is 7.10. The molecule has 2 aromatic heterocycles. The summed E-state index contributed by atoms with van der Waals surface area (Å²) in [6, 6.07) is 19.5. The predicted molar refractivity (Wildman–Crippen MR) is 82.5 cm³/mol. The average Bonchev–Trinajstić information content (AvgIpc) is 3.17. The molecule has 0 saturated carbocycles. The topological polar surface area (TPSA) is 9.86 Å². The molecule has 96 valence electrons. The van der Waals surface area contributed by atoms with Crippen molar-refractivity contribution < 1.29 is 0 Å². The van der Waals surface area contributed by atoms with E-state index in [-0.39, 0.29) is 0 Å². The number of hydrogen-bond donors (Lipinski definition) is 0. The van der Waals surface area contributed by atoms with E-state index in [1.54, 1.807) is 0 Å². The highest BCUT2D eigenvalue weighted by atomic mass is 15.1. The lowest BCUT2D eigenvalue weighted by Crippen LogP contribution is -1.99. The van der Waals surface area contributed by atoms with Crippen LogP contribution in [0.15, 0.2) is 60.8 Å².